The SMILES string of the molecule is O=C(C1COc2ccccc2O1)N1CC(n2cc(C3CC3)nn2)C1. The summed E-state index contributed by atoms with van der Waals surface area (Å²) in [7, 11) is 0. The maximum Gasteiger partial charge on any atom is 0.267 e. The van der Waals surface area contributed by atoms with Crippen molar-refractivity contribution >= 4 is 5.91 Å². The third kappa shape index (κ3) is 2.31. The minimum absolute atomic E-state index is 0.0247. The van der Waals surface area contributed by atoms with Crippen LogP contribution in [0.15, 0.2) is 30.5 Å². The van der Waals surface area contributed by atoms with Gasteiger partial charge in [0.15, 0.2) is 11.5 Å². The Hall–Kier alpha value is -2.57. The second-order valence-electron chi connectivity index (χ2n) is 6.66. The number of ether oxygens (including phenoxy) is 2. The number of amides is 1. The van der Waals surface area contributed by atoms with Gasteiger partial charge in [-0.1, -0.05) is 17.3 Å². The molecule has 124 valence electrons. The Morgan fingerprint density at radius 1 is 1.17 bits per heavy atom. The highest BCUT2D eigenvalue weighted by atomic mass is 16.6. The number of aromatic nitrogens is 3. The Morgan fingerprint density at radius 3 is 2.75 bits per heavy atom. The molecule has 24 heavy (non-hydrogen) atoms. The topological polar surface area (TPSA) is 69.5 Å². The van der Waals surface area contributed by atoms with Gasteiger partial charge in [0.25, 0.3) is 5.91 Å². The number of rotatable bonds is 3. The molecule has 5 rings (SSSR count). The van der Waals surface area contributed by atoms with E-state index in [0.717, 1.165) is 5.69 Å². The molecule has 2 aliphatic heterocycles. The van der Waals surface area contributed by atoms with Crippen molar-refractivity contribution in [2.24, 2.45) is 0 Å². The van der Waals surface area contributed by atoms with Crippen LogP contribution in [0.4, 0.5) is 0 Å². The van der Waals surface area contributed by atoms with Crippen LogP contribution < -0.4 is 9.47 Å². The van der Waals surface area contributed by atoms with E-state index in [1.807, 2.05) is 35.1 Å². The summed E-state index contributed by atoms with van der Waals surface area (Å²) in [4.78, 5) is 14.4. The first-order valence-corrected chi connectivity index (χ1v) is 8.37. The molecule has 3 heterocycles. The quantitative estimate of drug-likeness (QED) is 0.852. The predicted octanol–water partition coefficient (Wildman–Crippen LogP) is 1.38. The molecule has 1 aromatic carbocycles. The van der Waals surface area contributed by atoms with Gasteiger partial charge < -0.3 is 14.4 Å². The van der Waals surface area contributed by atoms with Crippen LogP contribution in [0, 0.1) is 0 Å². The van der Waals surface area contributed by atoms with Gasteiger partial charge >= 0.3 is 0 Å². The molecule has 1 atom stereocenters. The number of benzene rings is 1. The monoisotopic (exact) mass is 326 g/mol. The van der Waals surface area contributed by atoms with Crippen molar-refractivity contribution in [3.05, 3.63) is 36.2 Å². The first kappa shape index (κ1) is 13.8. The van der Waals surface area contributed by atoms with E-state index in [9.17, 15) is 4.79 Å². The zero-order valence-electron chi connectivity index (χ0n) is 13.2. The summed E-state index contributed by atoms with van der Waals surface area (Å²) in [6.07, 6.45) is 3.89. The van der Waals surface area contributed by atoms with Gasteiger partial charge in [-0.2, -0.15) is 0 Å². The number of nitrogens with zero attached hydrogens (tertiary/aromatic N) is 4. The van der Waals surface area contributed by atoms with E-state index in [2.05, 4.69) is 10.3 Å². The standard InChI is InChI=1S/C17H18N4O3/c22-17(16-10-23-14-3-1-2-4-15(14)24-16)20-7-12(8-20)21-9-13(18-19-21)11-5-6-11/h1-4,9,11-12,16H,5-8,10H2. The van der Waals surface area contributed by atoms with Crippen LogP contribution in [0.25, 0.3) is 0 Å². The fourth-order valence-corrected chi connectivity index (χ4v) is 3.18. The lowest BCUT2D eigenvalue weighted by Crippen LogP contribution is -2.56. The second kappa shape index (κ2) is 5.22. The Bertz CT molecular complexity index is 780. The Morgan fingerprint density at radius 2 is 1.96 bits per heavy atom. The zero-order valence-corrected chi connectivity index (χ0v) is 13.2. The van der Waals surface area contributed by atoms with Crippen molar-refractivity contribution in [2.75, 3.05) is 19.7 Å². The highest BCUT2D eigenvalue weighted by molar-refractivity contribution is 5.82. The normalized spacial score (nSPS) is 23.0. The van der Waals surface area contributed by atoms with Crippen molar-refractivity contribution in [2.45, 2.75) is 30.9 Å². The predicted molar refractivity (Wildman–Crippen MR) is 84.0 cm³/mol. The lowest BCUT2D eigenvalue weighted by atomic mass is 10.1. The number of para-hydroxylation sites is 2. The molecule has 0 spiro atoms. The summed E-state index contributed by atoms with van der Waals surface area (Å²) in [5.41, 5.74) is 1.08. The summed E-state index contributed by atoms with van der Waals surface area (Å²) < 4.78 is 13.3. The van der Waals surface area contributed by atoms with E-state index >= 15 is 0 Å². The molecule has 1 saturated carbocycles. The molecule has 0 radical (unpaired) electrons. The van der Waals surface area contributed by atoms with Gasteiger partial charge in [-0.05, 0) is 25.0 Å². The number of hydrogen-bond donors (Lipinski definition) is 0. The number of carbonyl (C=O) groups is 1. The number of likely N-dealkylation sites (tertiary alicyclic amines) is 1. The van der Waals surface area contributed by atoms with Gasteiger partial charge in [-0.15, -0.1) is 5.10 Å². The second-order valence-corrected chi connectivity index (χ2v) is 6.66. The molecular formula is C17H18N4O3. The molecule has 1 amide bonds. The van der Waals surface area contributed by atoms with Crippen LogP contribution in [-0.2, 0) is 4.79 Å². The Kier molecular flexibility index (Phi) is 3.01. The Balaban J connectivity index is 1.20. The van der Waals surface area contributed by atoms with E-state index in [1.54, 1.807) is 4.90 Å². The first-order valence-electron chi connectivity index (χ1n) is 8.37. The maximum atomic E-state index is 12.6. The summed E-state index contributed by atoms with van der Waals surface area (Å²) in [5.74, 6) is 1.90. The van der Waals surface area contributed by atoms with Crippen LogP contribution in [0.5, 0.6) is 11.5 Å². The van der Waals surface area contributed by atoms with E-state index < -0.39 is 6.10 Å². The number of hydrogen-bond acceptors (Lipinski definition) is 5. The third-order valence-electron chi connectivity index (χ3n) is 4.86. The van der Waals surface area contributed by atoms with Gasteiger partial charge in [-0.25, -0.2) is 4.68 Å². The molecule has 7 heteroatoms. The fourth-order valence-electron chi connectivity index (χ4n) is 3.18. The molecule has 1 saturated heterocycles. The molecular weight excluding hydrogens is 308 g/mol. The molecule has 2 fully saturated rings. The molecule has 3 aliphatic rings. The van der Waals surface area contributed by atoms with Crippen molar-refractivity contribution in [3.8, 4) is 11.5 Å². The zero-order chi connectivity index (χ0) is 16.1. The van der Waals surface area contributed by atoms with Crippen molar-refractivity contribution in [3.63, 3.8) is 0 Å². The van der Waals surface area contributed by atoms with Gasteiger partial charge in [0, 0.05) is 25.2 Å². The van der Waals surface area contributed by atoms with Crippen LogP contribution in [0.2, 0.25) is 0 Å². The van der Waals surface area contributed by atoms with Crippen molar-refractivity contribution < 1.29 is 14.3 Å². The summed E-state index contributed by atoms with van der Waals surface area (Å²) >= 11 is 0. The number of fused-ring (bicyclic) bond motifs is 1. The van der Waals surface area contributed by atoms with Gasteiger partial charge in [0.2, 0.25) is 6.10 Å². The smallest absolute Gasteiger partial charge is 0.267 e. The van der Waals surface area contributed by atoms with E-state index in [-0.39, 0.29) is 18.6 Å². The lowest BCUT2D eigenvalue weighted by Gasteiger charge is -2.41. The molecule has 0 N–H and O–H groups in total. The highest BCUT2D eigenvalue weighted by Crippen LogP contribution is 2.39. The molecule has 1 unspecified atom stereocenters. The molecule has 0 bridgehead atoms. The average Bonchev–Trinajstić information content (AvgIpc) is 3.32. The molecule has 1 aromatic heterocycles. The van der Waals surface area contributed by atoms with Gasteiger partial charge in [-0.3, -0.25) is 4.79 Å². The number of carbonyl (C=O) groups excluding carboxylic acids is 1. The Labute approximate surface area is 139 Å². The van der Waals surface area contributed by atoms with Crippen LogP contribution >= 0.6 is 0 Å². The maximum absolute atomic E-state index is 12.6. The highest BCUT2D eigenvalue weighted by Gasteiger charge is 2.39. The minimum atomic E-state index is -0.571. The van der Waals surface area contributed by atoms with E-state index in [1.165, 1.54) is 12.8 Å². The van der Waals surface area contributed by atoms with Gasteiger partial charge in [0.05, 0.1) is 11.7 Å². The lowest BCUT2D eigenvalue weighted by molar-refractivity contribution is -0.147. The largest absolute Gasteiger partial charge is 0.485 e. The molecule has 2 aromatic rings. The summed E-state index contributed by atoms with van der Waals surface area (Å²) in [6.45, 7) is 1.55. The van der Waals surface area contributed by atoms with Crippen molar-refractivity contribution in [1.29, 1.82) is 0 Å². The minimum Gasteiger partial charge on any atom is -0.485 e. The third-order valence-corrected chi connectivity index (χ3v) is 4.86. The van der Waals surface area contributed by atoms with Crippen LogP contribution in [-0.4, -0.2) is 51.6 Å². The molecule has 7 nitrogen and oxygen atoms in total. The van der Waals surface area contributed by atoms with Crippen LogP contribution in [0.1, 0.15) is 30.5 Å². The van der Waals surface area contributed by atoms with Gasteiger partial charge in [0.1, 0.15) is 6.61 Å². The average molecular weight is 326 g/mol. The summed E-state index contributed by atoms with van der Waals surface area (Å²) in [6, 6.07) is 7.64. The molecule has 1 aliphatic carbocycles. The van der Waals surface area contributed by atoms with E-state index in [4.69, 9.17) is 9.47 Å². The van der Waals surface area contributed by atoms with E-state index in [0.29, 0.717) is 30.5 Å². The first-order chi connectivity index (χ1) is 11.8. The van der Waals surface area contributed by atoms with Crippen LogP contribution in [0.3, 0.4) is 0 Å². The van der Waals surface area contributed by atoms with Crippen molar-refractivity contribution in [1.82, 2.24) is 19.9 Å². The fraction of sp³-hybridized carbons (Fsp3) is 0.471. The summed E-state index contributed by atoms with van der Waals surface area (Å²) in [5, 5.41) is 8.44.